The summed E-state index contributed by atoms with van der Waals surface area (Å²) in [4.78, 5) is 47.6. The maximum Gasteiger partial charge on any atom is 0.324 e. The second kappa shape index (κ2) is 7.55. The van der Waals surface area contributed by atoms with Crippen molar-refractivity contribution in [2.24, 2.45) is 5.92 Å². The molecule has 8 nitrogen and oxygen atoms in total. The number of hydrogen-bond donors (Lipinski definition) is 3. The first-order valence-corrected chi connectivity index (χ1v) is 8.65. The maximum atomic E-state index is 12.3. The number of carboxylic acid groups (broad SMARTS) is 1. The Labute approximate surface area is 150 Å². The smallest absolute Gasteiger partial charge is 0.324 e. The second-order valence-corrected chi connectivity index (χ2v) is 6.70. The first-order chi connectivity index (χ1) is 12.4. The fourth-order valence-electron chi connectivity index (χ4n) is 3.31. The molecule has 0 bridgehead atoms. The molecular formula is C18H21N3O5. The summed E-state index contributed by atoms with van der Waals surface area (Å²) in [6.07, 6.45) is 2.47. The lowest BCUT2D eigenvalue weighted by atomic mass is 9.86. The normalized spacial score (nSPS) is 22.8. The molecule has 26 heavy (non-hydrogen) atoms. The van der Waals surface area contributed by atoms with E-state index in [1.807, 2.05) is 0 Å². The molecule has 2 fully saturated rings. The highest BCUT2D eigenvalue weighted by molar-refractivity contribution is 6.01. The lowest BCUT2D eigenvalue weighted by Gasteiger charge is -2.26. The Balaban J connectivity index is 1.53. The van der Waals surface area contributed by atoms with Gasteiger partial charge in [-0.2, -0.15) is 0 Å². The quantitative estimate of drug-likeness (QED) is 0.681. The molecule has 1 heterocycles. The molecule has 0 radical (unpaired) electrons. The molecule has 2 aliphatic rings. The van der Waals surface area contributed by atoms with E-state index in [-0.39, 0.29) is 36.9 Å². The van der Waals surface area contributed by atoms with Gasteiger partial charge in [-0.25, -0.2) is 4.79 Å². The predicted molar refractivity (Wildman–Crippen MR) is 91.2 cm³/mol. The first kappa shape index (κ1) is 17.9. The Kier molecular flexibility index (Phi) is 5.20. The molecule has 3 rings (SSSR count). The Hall–Kier alpha value is -2.90. The van der Waals surface area contributed by atoms with E-state index in [4.69, 9.17) is 5.11 Å². The number of imide groups is 1. The van der Waals surface area contributed by atoms with Gasteiger partial charge in [-0.1, -0.05) is 12.1 Å². The lowest BCUT2D eigenvalue weighted by molar-refractivity contribution is -0.142. The average Bonchev–Trinajstić information content (AvgIpc) is 2.94. The summed E-state index contributed by atoms with van der Waals surface area (Å²) in [7, 11) is 0. The number of carbonyl (C=O) groups is 4. The maximum absolute atomic E-state index is 12.3. The molecule has 8 heteroatoms. The first-order valence-electron chi connectivity index (χ1n) is 8.65. The van der Waals surface area contributed by atoms with Crippen molar-refractivity contribution >= 4 is 23.8 Å². The summed E-state index contributed by atoms with van der Waals surface area (Å²) < 4.78 is 0. The van der Waals surface area contributed by atoms with Crippen LogP contribution in [0.3, 0.4) is 0 Å². The van der Waals surface area contributed by atoms with Gasteiger partial charge in [0.1, 0.15) is 0 Å². The Morgan fingerprint density at radius 3 is 2.31 bits per heavy atom. The standard InChI is InChI=1S/C18H21N3O5/c22-15-9-19-18(26)21(15)10-11-1-3-12(4-2-11)16(23)20-14-7-5-13(6-8-14)17(24)25/h1-4,13-14H,5-10H2,(H,19,26)(H,20,23)(H,24,25). The molecule has 0 spiro atoms. The summed E-state index contributed by atoms with van der Waals surface area (Å²) in [5, 5.41) is 14.4. The zero-order valence-corrected chi connectivity index (χ0v) is 14.2. The third kappa shape index (κ3) is 4.01. The number of carboxylic acids is 1. The van der Waals surface area contributed by atoms with Crippen molar-refractivity contribution in [2.75, 3.05) is 6.54 Å². The van der Waals surface area contributed by atoms with Crippen LogP contribution < -0.4 is 10.6 Å². The zero-order valence-electron chi connectivity index (χ0n) is 14.2. The Morgan fingerprint density at radius 1 is 1.12 bits per heavy atom. The number of carbonyl (C=O) groups excluding carboxylic acids is 3. The molecule has 0 unspecified atom stereocenters. The van der Waals surface area contributed by atoms with E-state index in [2.05, 4.69) is 10.6 Å². The van der Waals surface area contributed by atoms with Crippen LogP contribution in [0.4, 0.5) is 4.79 Å². The van der Waals surface area contributed by atoms with Crippen molar-refractivity contribution < 1.29 is 24.3 Å². The summed E-state index contributed by atoms with van der Waals surface area (Å²) in [6.45, 7) is 0.190. The number of benzene rings is 1. The summed E-state index contributed by atoms with van der Waals surface area (Å²) in [6, 6.07) is 6.33. The minimum absolute atomic E-state index is 0.0105. The molecular weight excluding hydrogens is 338 g/mol. The number of amides is 4. The van der Waals surface area contributed by atoms with Crippen LogP contribution in [0.2, 0.25) is 0 Å². The Morgan fingerprint density at radius 2 is 1.77 bits per heavy atom. The van der Waals surface area contributed by atoms with Crippen molar-refractivity contribution in [3.05, 3.63) is 35.4 Å². The molecule has 1 aliphatic heterocycles. The second-order valence-electron chi connectivity index (χ2n) is 6.70. The van der Waals surface area contributed by atoms with E-state index in [0.29, 0.717) is 31.2 Å². The van der Waals surface area contributed by atoms with Crippen molar-refractivity contribution in [3.8, 4) is 0 Å². The van der Waals surface area contributed by atoms with Gasteiger partial charge < -0.3 is 15.7 Å². The number of rotatable bonds is 5. The molecule has 0 aromatic heterocycles. The van der Waals surface area contributed by atoms with E-state index in [9.17, 15) is 19.2 Å². The molecule has 1 aromatic rings. The average molecular weight is 359 g/mol. The van der Waals surface area contributed by atoms with Gasteiger partial charge in [-0.3, -0.25) is 19.3 Å². The van der Waals surface area contributed by atoms with Crippen LogP contribution in [-0.4, -0.2) is 46.4 Å². The monoisotopic (exact) mass is 359 g/mol. The van der Waals surface area contributed by atoms with E-state index >= 15 is 0 Å². The van der Waals surface area contributed by atoms with Crippen molar-refractivity contribution in [3.63, 3.8) is 0 Å². The SMILES string of the molecule is O=C(NC1CCC(C(=O)O)CC1)c1ccc(CN2C(=O)CNC2=O)cc1. The van der Waals surface area contributed by atoms with E-state index < -0.39 is 12.0 Å². The molecule has 138 valence electrons. The van der Waals surface area contributed by atoms with E-state index in [0.717, 1.165) is 10.5 Å². The largest absolute Gasteiger partial charge is 0.481 e. The third-order valence-electron chi connectivity index (χ3n) is 4.91. The highest BCUT2D eigenvalue weighted by Crippen LogP contribution is 2.24. The van der Waals surface area contributed by atoms with Crippen LogP contribution in [0.1, 0.15) is 41.6 Å². The third-order valence-corrected chi connectivity index (χ3v) is 4.91. The van der Waals surface area contributed by atoms with Gasteiger partial charge in [0.05, 0.1) is 19.0 Å². The van der Waals surface area contributed by atoms with Crippen LogP contribution in [0.15, 0.2) is 24.3 Å². The van der Waals surface area contributed by atoms with Gasteiger partial charge in [-0.15, -0.1) is 0 Å². The van der Waals surface area contributed by atoms with Crippen molar-refractivity contribution in [1.82, 2.24) is 15.5 Å². The summed E-state index contributed by atoms with van der Waals surface area (Å²) >= 11 is 0. The number of hydrogen-bond acceptors (Lipinski definition) is 4. The zero-order chi connectivity index (χ0) is 18.7. The van der Waals surface area contributed by atoms with Gasteiger partial charge >= 0.3 is 12.0 Å². The van der Waals surface area contributed by atoms with E-state index in [1.165, 1.54) is 0 Å². The Bertz CT molecular complexity index is 707. The topological polar surface area (TPSA) is 116 Å². The molecule has 1 saturated heterocycles. The minimum atomic E-state index is -0.768. The highest BCUT2D eigenvalue weighted by Gasteiger charge is 2.29. The van der Waals surface area contributed by atoms with Crippen LogP contribution in [-0.2, 0) is 16.1 Å². The molecule has 1 aliphatic carbocycles. The summed E-state index contributed by atoms with van der Waals surface area (Å²) in [5.74, 6) is -1.55. The molecule has 1 aromatic carbocycles. The molecule has 0 atom stereocenters. The molecule has 3 N–H and O–H groups in total. The number of aliphatic carboxylic acids is 1. The van der Waals surface area contributed by atoms with Crippen molar-refractivity contribution in [1.29, 1.82) is 0 Å². The van der Waals surface area contributed by atoms with Crippen LogP contribution in [0.5, 0.6) is 0 Å². The van der Waals surface area contributed by atoms with Gasteiger partial charge in [-0.05, 0) is 43.4 Å². The molecule has 4 amide bonds. The number of urea groups is 1. The molecule has 1 saturated carbocycles. The van der Waals surface area contributed by atoms with Gasteiger partial charge in [0, 0.05) is 11.6 Å². The fourth-order valence-corrected chi connectivity index (χ4v) is 3.31. The predicted octanol–water partition coefficient (Wildman–Crippen LogP) is 1.11. The van der Waals surface area contributed by atoms with E-state index in [1.54, 1.807) is 24.3 Å². The minimum Gasteiger partial charge on any atom is -0.481 e. The van der Waals surface area contributed by atoms with Crippen molar-refractivity contribution in [2.45, 2.75) is 38.3 Å². The lowest BCUT2D eigenvalue weighted by Crippen LogP contribution is -2.38. The van der Waals surface area contributed by atoms with Gasteiger partial charge in [0.25, 0.3) is 5.91 Å². The number of nitrogens with zero attached hydrogens (tertiary/aromatic N) is 1. The van der Waals surface area contributed by atoms with Gasteiger partial charge in [0.15, 0.2) is 0 Å². The van der Waals surface area contributed by atoms with Crippen LogP contribution in [0, 0.1) is 5.92 Å². The number of nitrogens with one attached hydrogen (secondary N) is 2. The fraction of sp³-hybridized carbons (Fsp3) is 0.444. The van der Waals surface area contributed by atoms with Gasteiger partial charge in [0.2, 0.25) is 5.91 Å². The van der Waals surface area contributed by atoms with Crippen LogP contribution in [0.25, 0.3) is 0 Å². The van der Waals surface area contributed by atoms with Crippen LogP contribution >= 0.6 is 0 Å². The summed E-state index contributed by atoms with van der Waals surface area (Å²) in [5.41, 5.74) is 1.25. The highest BCUT2D eigenvalue weighted by atomic mass is 16.4.